The number of rotatable bonds is 3. The maximum absolute atomic E-state index is 13.1. The van der Waals surface area contributed by atoms with E-state index in [9.17, 15) is 4.79 Å². The summed E-state index contributed by atoms with van der Waals surface area (Å²) in [6.07, 6.45) is 3.36. The molecule has 0 spiro atoms. The van der Waals surface area contributed by atoms with Gasteiger partial charge in [0.05, 0.1) is 23.0 Å². The van der Waals surface area contributed by atoms with Crippen LogP contribution in [0.15, 0.2) is 67.0 Å². The average Bonchev–Trinajstić information content (AvgIpc) is 3.20. The zero-order valence-electron chi connectivity index (χ0n) is 16.8. The van der Waals surface area contributed by atoms with Gasteiger partial charge < -0.3 is 9.80 Å². The second-order valence-corrected chi connectivity index (χ2v) is 7.38. The first-order valence-electron chi connectivity index (χ1n) is 10.1. The van der Waals surface area contributed by atoms with Crippen LogP contribution in [0.4, 0.5) is 5.82 Å². The summed E-state index contributed by atoms with van der Waals surface area (Å²) in [4.78, 5) is 26.3. The summed E-state index contributed by atoms with van der Waals surface area (Å²) in [6, 6.07) is 17.9. The van der Waals surface area contributed by atoms with E-state index in [-0.39, 0.29) is 5.91 Å². The molecule has 0 aliphatic carbocycles. The first kappa shape index (κ1) is 18.3. The van der Waals surface area contributed by atoms with Crippen LogP contribution < -0.4 is 4.90 Å². The van der Waals surface area contributed by atoms with Crippen molar-refractivity contribution in [2.75, 3.05) is 31.1 Å². The fraction of sp³-hybridized carbons (Fsp3) is 0.217. The number of carbonyl (C=O) groups excluding carboxylic acids is 1. The maximum atomic E-state index is 13.1. The monoisotopic (exact) mass is 398 g/mol. The van der Waals surface area contributed by atoms with Crippen LogP contribution in [0, 0.1) is 6.92 Å². The highest BCUT2D eigenvalue weighted by atomic mass is 16.2. The normalized spacial score (nSPS) is 14.3. The molecule has 0 saturated carbocycles. The molecule has 7 heteroatoms. The van der Waals surface area contributed by atoms with Gasteiger partial charge in [-0.2, -0.15) is 5.10 Å². The van der Waals surface area contributed by atoms with Gasteiger partial charge in [0.25, 0.3) is 5.91 Å². The molecule has 0 atom stereocenters. The molecule has 4 aromatic rings. The third-order valence-corrected chi connectivity index (χ3v) is 5.58. The first-order chi connectivity index (χ1) is 14.7. The van der Waals surface area contributed by atoms with Crippen molar-refractivity contribution in [3.63, 3.8) is 0 Å². The van der Waals surface area contributed by atoms with Gasteiger partial charge in [-0.1, -0.05) is 24.3 Å². The van der Waals surface area contributed by atoms with Gasteiger partial charge in [-0.15, -0.1) is 0 Å². The van der Waals surface area contributed by atoms with Crippen molar-refractivity contribution in [3.05, 3.63) is 78.2 Å². The number of amides is 1. The lowest BCUT2D eigenvalue weighted by atomic mass is 10.2. The number of fused-ring (bicyclic) bond motifs is 1. The molecular formula is C23H22N6O. The average molecular weight is 398 g/mol. The zero-order chi connectivity index (χ0) is 20.5. The summed E-state index contributed by atoms with van der Waals surface area (Å²) >= 11 is 0. The topological polar surface area (TPSA) is 67.2 Å². The number of aromatic nitrogens is 4. The van der Waals surface area contributed by atoms with E-state index < -0.39 is 0 Å². The van der Waals surface area contributed by atoms with Gasteiger partial charge in [0.2, 0.25) is 0 Å². The van der Waals surface area contributed by atoms with Crippen molar-refractivity contribution in [1.82, 2.24) is 24.6 Å². The molecular weight excluding hydrogens is 376 g/mol. The van der Waals surface area contributed by atoms with Gasteiger partial charge in [0.1, 0.15) is 5.82 Å². The lowest BCUT2D eigenvalue weighted by Crippen LogP contribution is -2.49. The van der Waals surface area contributed by atoms with Crippen LogP contribution >= 0.6 is 0 Å². The Morgan fingerprint density at radius 3 is 2.50 bits per heavy atom. The minimum absolute atomic E-state index is 0.0146. The molecule has 7 nitrogen and oxygen atoms in total. The Hall–Kier alpha value is -3.74. The van der Waals surface area contributed by atoms with Crippen molar-refractivity contribution < 1.29 is 4.79 Å². The molecule has 4 heterocycles. The first-order valence-corrected chi connectivity index (χ1v) is 10.1. The van der Waals surface area contributed by atoms with Gasteiger partial charge >= 0.3 is 0 Å². The summed E-state index contributed by atoms with van der Waals surface area (Å²) in [5.74, 6) is 1.68. The predicted molar refractivity (Wildman–Crippen MR) is 116 cm³/mol. The predicted octanol–water partition coefficient (Wildman–Crippen LogP) is 3.09. The van der Waals surface area contributed by atoms with Crippen molar-refractivity contribution in [2.45, 2.75) is 6.92 Å². The number of carbonyl (C=O) groups is 1. The Morgan fingerprint density at radius 2 is 1.70 bits per heavy atom. The highest BCUT2D eigenvalue weighted by molar-refractivity contribution is 5.95. The number of hydrogen-bond acceptors (Lipinski definition) is 5. The van der Waals surface area contributed by atoms with Crippen LogP contribution in [0.5, 0.6) is 0 Å². The van der Waals surface area contributed by atoms with Crippen LogP contribution in [0.25, 0.3) is 16.7 Å². The van der Waals surface area contributed by atoms with Crippen LogP contribution in [-0.4, -0.2) is 56.7 Å². The van der Waals surface area contributed by atoms with Crippen molar-refractivity contribution in [1.29, 1.82) is 0 Å². The maximum Gasteiger partial charge on any atom is 0.257 e. The summed E-state index contributed by atoms with van der Waals surface area (Å²) in [5.41, 5.74) is 2.42. The Balaban J connectivity index is 1.29. The number of nitrogens with zero attached hydrogens (tertiary/aromatic N) is 6. The molecule has 1 aliphatic heterocycles. The third kappa shape index (κ3) is 3.28. The number of pyridine rings is 2. The fourth-order valence-corrected chi connectivity index (χ4v) is 3.87. The zero-order valence-corrected chi connectivity index (χ0v) is 16.8. The molecule has 1 saturated heterocycles. The summed E-state index contributed by atoms with van der Waals surface area (Å²) in [6.45, 7) is 4.72. The highest BCUT2D eigenvalue weighted by Gasteiger charge is 2.25. The van der Waals surface area contributed by atoms with E-state index in [2.05, 4.69) is 33.2 Å². The standard InChI is InChI=1S/C23H22N6O/c1-17-19(16-25-29(17)21-8-4-5-11-24-21)23(30)28-14-12-27(13-15-28)22-10-9-18-6-2-3-7-20(18)26-22/h2-11,16H,12-15H2,1H3. The van der Waals surface area contributed by atoms with Crippen molar-refractivity contribution in [2.24, 2.45) is 0 Å². The largest absolute Gasteiger partial charge is 0.353 e. The van der Waals surface area contributed by atoms with E-state index in [0.717, 1.165) is 35.5 Å². The van der Waals surface area contributed by atoms with Gasteiger partial charge in [-0.25, -0.2) is 14.6 Å². The van der Waals surface area contributed by atoms with E-state index in [4.69, 9.17) is 4.98 Å². The van der Waals surface area contributed by atoms with Gasteiger partial charge in [0.15, 0.2) is 5.82 Å². The van der Waals surface area contributed by atoms with E-state index in [0.29, 0.717) is 24.5 Å². The lowest BCUT2D eigenvalue weighted by molar-refractivity contribution is 0.0745. The van der Waals surface area contributed by atoms with Crippen LogP contribution in [0.2, 0.25) is 0 Å². The molecule has 30 heavy (non-hydrogen) atoms. The smallest absolute Gasteiger partial charge is 0.257 e. The molecule has 5 rings (SSSR count). The number of hydrogen-bond donors (Lipinski definition) is 0. The summed E-state index contributed by atoms with van der Waals surface area (Å²) in [5, 5.41) is 5.51. The molecule has 3 aromatic heterocycles. The van der Waals surface area contributed by atoms with Gasteiger partial charge in [0, 0.05) is 37.8 Å². The van der Waals surface area contributed by atoms with E-state index in [1.807, 2.05) is 48.2 Å². The minimum Gasteiger partial charge on any atom is -0.353 e. The molecule has 1 amide bonds. The Labute approximate surface area is 174 Å². The third-order valence-electron chi connectivity index (χ3n) is 5.58. The Bertz CT molecular complexity index is 1190. The lowest BCUT2D eigenvalue weighted by Gasteiger charge is -2.35. The second-order valence-electron chi connectivity index (χ2n) is 7.38. The van der Waals surface area contributed by atoms with Crippen LogP contribution in [0.3, 0.4) is 0 Å². The number of piperazine rings is 1. The SMILES string of the molecule is Cc1c(C(=O)N2CCN(c3ccc4ccccc4n3)CC2)cnn1-c1ccccn1. The van der Waals surface area contributed by atoms with E-state index in [1.165, 1.54) is 0 Å². The number of anilines is 1. The molecule has 150 valence electrons. The Kier molecular flexibility index (Phi) is 4.63. The Morgan fingerprint density at radius 1 is 0.900 bits per heavy atom. The van der Waals surface area contributed by atoms with E-state index >= 15 is 0 Å². The van der Waals surface area contributed by atoms with Crippen molar-refractivity contribution >= 4 is 22.6 Å². The molecule has 1 aromatic carbocycles. The second kappa shape index (κ2) is 7.59. The molecule has 0 radical (unpaired) electrons. The summed E-state index contributed by atoms with van der Waals surface area (Å²) < 4.78 is 1.71. The number of para-hydroxylation sites is 1. The van der Waals surface area contributed by atoms with E-state index in [1.54, 1.807) is 17.1 Å². The van der Waals surface area contributed by atoms with Gasteiger partial charge in [-0.3, -0.25) is 4.79 Å². The molecule has 1 aliphatic rings. The molecule has 0 N–H and O–H groups in total. The van der Waals surface area contributed by atoms with Crippen LogP contribution in [0.1, 0.15) is 16.1 Å². The molecule has 0 bridgehead atoms. The fourth-order valence-electron chi connectivity index (χ4n) is 3.87. The quantitative estimate of drug-likeness (QED) is 0.531. The molecule has 0 unspecified atom stereocenters. The highest BCUT2D eigenvalue weighted by Crippen LogP contribution is 2.21. The number of benzene rings is 1. The van der Waals surface area contributed by atoms with Crippen LogP contribution in [-0.2, 0) is 0 Å². The minimum atomic E-state index is 0.0146. The van der Waals surface area contributed by atoms with Crippen molar-refractivity contribution in [3.8, 4) is 5.82 Å². The van der Waals surface area contributed by atoms with Gasteiger partial charge in [-0.05, 0) is 37.3 Å². The summed E-state index contributed by atoms with van der Waals surface area (Å²) in [7, 11) is 0. The molecule has 1 fully saturated rings.